The fraction of sp³-hybridized carbons (Fsp3) is 0.348. The van der Waals surface area contributed by atoms with Crippen molar-refractivity contribution in [2.45, 2.75) is 38.6 Å². The summed E-state index contributed by atoms with van der Waals surface area (Å²) in [4.78, 5) is 22.7. The highest BCUT2D eigenvalue weighted by molar-refractivity contribution is 5.98. The Hall–Kier alpha value is -3.55. The lowest BCUT2D eigenvalue weighted by atomic mass is 9.89. The van der Waals surface area contributed by atoms with Gasteiger partial charge in [0.05, 0.1) is 6.54 Å². The molecule has 1 aliphatic rings. The third-order valence-electron chi connectivity index (χ3n) is 6.08. The number of hydrogen-bond donors (Lipinski definition) is 1. The number of nitrogens with one attached hydrogen (secondary N) is 1. The molecule has 8 nitrogen and oxygen atoms in total. The molecule has 0 aliphatic carbocycles. The Kier molecular flexibility index (Phi) is 5.19. The molecular weight excluding hydrogens is 390 g/mol. The highest BCUT2D eigenvalue weighted by atomic mass is 16.2. The number of benzene rings is 1. The summed E-state index contributed by atoms with van der Waals surface area (Å²) < 4.78 is 1.60. The van der Waals surface area contributed by atoms with Crippen LogP contribution >= 0.6 is 0 Å². The largest absolute Gasteiger partial charge is 0.358 e. The van der Waals surface area contributed by atoms with Crippen LogP contribution in [0.25, 0.3) is 22.0 Å². The topological polar surface area (TPSA) is 92.6 Å². The van der Waals surface area contributed by atoms with Gasteiger partial charge >= 0.3 is 0 Å². The smallest absolute Gasteiger partial charge is 0.224 e. The molecule has 5 rings (SSSR count). The van der Waals surface area contributed by atoms with Crippen molar-refractivity contribution in [3.63, 3.8) is 0 Å². The molecule has 3 aromatic heterocycles. The lowest BCUT2D eigenvalue weighted by Gasteiger charge is -2.33. The number of aryl methyl sites for hydroxylation is 2. The zero-order chi connectivity index (χ0) is 21.2. The summed E-state index contributed by atoms with van der Waals surface area (Å²) in [6, 6.07) is 10.6. The van der Waals surface area contributed by atoms with Crippen LogP contribution in [0.2, 0.25) is 0 Å². The van der Waals surface area contributed by atoms with Crippen molar-refractivity contribution in [1.82, 2.24) is 35.1 Å². The summed E-state index contributed by atoms with van der Waals surface area (Å²) >= 11 is 0. The van der Waals surface area contributed by atoms with E-state index in [0.717, 1.165) is 37.0 Å². The number of amides is 1. The van der Waals surface area contributed by atoms with Gasteiger partial charge in [0.15, 0.2) is 0 Å². The first-order valence-corrected chi connectivity index (χ1v) is 10.7. The van der Waals surface area contributed by atoms with E-state index < -0.39 is 0 Å². The van der Waals surface area contributed by atoms with Crippen molar-refractivity contribution in [3.05, 3.63) is 60.3 Å². The summed E-state index contributed by atoms with van der Waals surface area (Å²) in [7, 11) is 0. The van der Waals surface area contributed by atoms with Gasteiger partial charge in [0.1, 0.15) is 6.33 Å². The van der Waals surface area contributed by atoms with Crippen LogP contribution in [-0.4, -0.2) is 54.1 Å². The lowest BCUT2D eigenvalue weighted by molar-refractivity contribution is -0.132. The van der Waals surface area contributed by atoms with Gasteiger partial charge in [-0.05, 0) is 60.0 Å². The molecule has 0 saturated carbocycles. The van der Waals surface area contributed by atoms with Crippen molar-refractivity contribution >= 4 is 16.8 Å². The van der Waals surface area contributed by atoms with Gasteiger partial charge in [0.2, 0.25) is 5.91 Å². The number of aromatic nitrogens is 6. The standard InChI is InChI=1S/C23H25N7O/c1-16-4-5-20-19(13-16)22(17-6-9-24-10-7-17)23(26-20)18-3-2-11-29(14-18)21(31)8-12-30-15-25-27-28-30/h4-7,9-10,13,15,18,26H,2-3,8,11-12,14H2,1H3. The van der Waals surface area contributed by atoms with Gasteiger partial charge in [-0.2, -0.15) is 0 Å². The molecule has 0 bridgehead atoms. The number of rotatable bonds is 5. The maximum atomic E-state index is 12.9. The van der Waals surface area contributed by atoms with Crippen molar-refractivity contribution in [2.75, 3.05) is 13.1 Å². The van der Waals surface area contributed by atoms with E-state index in [9.17, 15) is 4.79 Å². The van der Waals surface area contributed by atoms with Crippen LogP contribution in [0.3, 0.4) is 0 Å². The van der Waals surface area contributed by atoms with Crippen LogP contribution in [0.1, 0.15) is 36.4 Å². The minimum atomic E-state index is 0.151. The molecule has 4 aromatic rings. The predicted molar refractivity (Wildman–Crippen MR) is 117 cm³/mol. The number of aromatic amines is 1. The summed E-state index contributed by atoms with van der Waals surface area (Å²) in [5, 5.41) is 12.3. The number of nitrogens with zero attached hydrogens (tertiary/aromatic N) is 6. The van der Waals surface area contributed by atoms with Gasteiger partial charge < -0.3 is 9.88 Å². The SMILES string of the molecule is Cc1ccc2[nH]c(C3CCCN(C(=O)CCn4cnnn4)C3)c(-c3ccncc3)c2c1. The van der Waals surface area contributed by atoms with E-state index in [-0.39, 0.29) is 11.8 Å². The summed E-state index contributed by atoms with van der Waals surface area (Å²) in [5.74, 6) is 0.416. The molecule has 0 spiro atoms. The number of piperidine rings is 1. The van der Waals surface area contributed by atoms with E-state index in [1.54, 1.807) is 11.0 Å². The first kappa shape index (κ1) is 19.4. The van der Waals surface area contributed by atoms with Gasteiger partial charge in [0.25, 0.3) is 0 Å². The minimum absolute atomic E-state index is 0.151. The molecule has 1 aliphatic heterocycles. The average Bonchev–Trinajstić information content (AvgIpc) is 3.46. The van der Waals surface area contributed by atoms with Gasteiger partial charge in [-0.25, -0.2) is 4.68 Å². The molecule has 1 fully saturated rings. The van der Waals surface area contributed by atoms with E-state index in [1.165, 1.54) is 22.2 Å². The second-order valence-electron chi connectivity index (χ2n) is 8.20. The lowest BCUT2D eigenvalue weighted by Crippen LogP contribution is -2.39. The van der Waals surface area contributed by atoms with Crippen LogP contribution in [0, 0.1) is 6.92 Å². The quantitative estimate of drug-likeness (QED) is 0.540. The number of carbonyl (C=O) groups excluding carboxylic acids is 1. The molecule has 1 saturated heterocycles. The maximum Gasteiger partial charge on any atom is 0.224 e. The Bertz CT molecular complexity index is 1180. The fourth-order valence-electron chi connectivity index (χ4n) is 4.55. The first-order chi connectivity index (χ1) is 15.2. The van der Waals surface area contributed by atoms with E-state index in [2.05, 4.69) is 62.7 Å². The number of likely N-dealkylation sites (tertiary alicyclic amines) is 1. The second-order valence-corrected chi connectivity index (χ2v) is 8.20. The Morgan fingerprint density at radius 1 is 1.23 bits per heavy atom. The summed E-state index contributed by atoms with van der Waals surface area (Å²) in [6.07, 6.45) is 7.67. The molecule has 0 radical (unpaired) electrons. The molecule has 1 atom stereocenters. The highest BCUT2D eigenvalue weighted by Crippen LogP contribution is 2.39. The van der Waals surface area contributed by atoms with Crippen LogP contribution in [-0.2, 0) is 11.3 Å². The Morgan fingerprint density at radius 3 is 2.90 bits per heavy atom. The molecule has 4 heterocycles. The van der Waals surface area contributed by atoms with Gasteiger partial charge in [-0.3, -0.25) is 9.78 Å². The first-order valence-electron chi connectivity index (χ1n) is 10.7. The third-order valence-corrected chi connectivity index (χ3v) is 6.08. The van der Waals surface area contributed by atoms with Crippen molar-refractivity contribution in [1.29, 1.82) is 0 Å². The second kappa shape index (κ2) is 8.29. The van der Waals surface area contributed by atoms with Crippen molar-refractivity contribution in [3.8, 4) is 11.1 Å². The van der Waals surface area contributed by atoms with Crippen LogP contribution < -0.4 is 0 Å². The van der Waals surface area contributed by atoms with E-state index in [0.29, 0.717) is 13.0 Å². The fourth-order valence-corrected chi connectivity index (χ4v) is 4.55. The molecule has 1 aromatic carbocycles. The van der Waals surface area contributed by atoms with Gasteiger partial charge in [-0.15, -0.1) is 5.10 Å². The Morgan fingerprint density at radius 2 is 2.10 bits per heavy atom. The molecule has 1 amide bonds. The number of hydrogen-bond acceptors (Lipinski definition) is 5. The van der Waals surface area contributed by atoms with Crippen LogP contribution in [0.15, 0.2) is 49.1 Å². The number of carbonyl (C=O) groups is 1. The van der Waals surface area contributed by atoms with Gasteiger partial charge in [0, 0.05) is 60.0 Å². The van der Waals surface area contributed by atoms with Crippen LogP contribution in [0.4, 0.5) is 0 Å². The average molecular weight is 416 g/mol. The summed E-state index contributed by atoms with van der Waals surface area (Å²) in [6.45, 7) is 4.14. The molecule has 8 heteroatoms. The predicted octanol–water partition coefficient (Wildman–Crippen LogP) is 3.32. The molecular formula is C23H25N7O. The zero-order valence-corrected chi connectivity index (χ0v) is 17.5. The van der Waals surface area contributed by atoms with Crippen LogP contribution in [0.5, 0.6) is 0 Å². The number of pyridine rings is 1. The minimum Gasteiger partial charge on any atom is -0.358 e. The number of fused-ring (bicyclic) bond motifs is 1. The van der Waals surface area contributed by atoms with Crippen molar-refractivity contribution < 1.29 is 4.79 Å². The molecule has 1 unspecified atom stereocenters. The zero-order valence-electron chi connectivity index (χ0n) is 17.5. The third kappa shape index (κ3) is 3.93. The normalized spacial score (nSPS) is 16.7. The number of tetrazole rings is 1. The Balaban J connectivity index is 1.44. The highest BCUT2D eigenvalue weighted by Gasteiger charge is 2.28. The molecule has 31 heavy (non-hydrogen) atoms. The summed E-state index contributed by atoms with van der Waals surface area (Å²) in [5.41, 5.74) is 5.97. The molecule has 1 N–H and O–H groups in total. The van der Waals surface area contributed by atoms with E-state index in [1.807, 2.05) is 17.3 Å². The van der Waals surface area contributed by atoms with E-state index in [4.69, 9.17) is 0 Å². The monoisotopic (exact) mass is 415 g/mol. The van der Waals surface area contributed by atoms with Crippen molar-refractivity contribution in [2.24, 2.45) is 0 Å². The molecule has 158 valence electrons. The number of H-pyrrole nitrogens is 1. The van der Waals surface area contributed by atoms with E-state index >= 15 is 0 Å². The Labute approximate surface area is 180 Å². The van der Waals surface area contributed by atoms with Gasteiger partial charge in [-0.1, -0.05) is 11.6 Å². The maximum absolute atomic E-state index is 12.9.